The summed E-state index contributed by atoms with van der Waals surface area (Å²) in [5.74, 6) is -3.14. The zero-order chi connectivity index (χ0) is 13.2. The maximum Gasteiger partial charge on any atom is 0.262 e. The summed E-state index contributed by atoms with van der Waals surface area (Å²) in [5.41, 5.74) is 1.00. The van der Waals surface area contributed by atoms with Gasteiger partial charge in [0, 0.05) is 26.2 Å². The maximum atomic E-state index is 12.9. The molecule has 0 radical (unpaired) electrons. The number of carbonyl (C=O) groups is 1. The lowest BCUT2D eigenvalue weighted by Crippen LogP contribution is -2.41. The lowest BCUT2D eigenvalue weighted by Gasteiger charge is -2.10. The molecule has 1 aromatic heterocycles. The summed E-state index contributed by atoms with van der Waals surface area (Å²) in [4.78, 5) is 11.6. The first-order valence-corrected chi connectivity index (χ1v) is 5.83. The number of aryl methyl sites for hydroxylation is 1. The van der Waals surface area contributed by atoms with Crippen LogP contribution >= 0.6 is 0 Å². The van der Waals surface area contributed by atoms with Gasteiger partial charge < -0.3 is 5.32 Å². The summed E-state index contributed by atoms with van der Waals surface area (Å²) in [6, 6.07) is -0.783. The molecule has 0 spiro atoms. The van der Waals surface area contributed by atoms with Gasteiger partial charge >= 0.3 is 0 Å². The Labute approximate surface area is 104 Å². The standard InChI is InChI=1S/C11H16F2N4O/c1-17-6-8(5-16-17)2-3-14-10(18)9-4-11(12,13)7-15-9/h5-6,9,15H,2-4,7H2,1H3,(H,14,18). The molecule has 1 amide bonds. The van der Waals surface area contributed by atoms with Crippen LogP contribution in [0.25, 0.3) is 0 Å². The first kappa shape index (κ1) is 12.9. The topological polar surface area (TPSA) is 59.0 Å². The number of rotatable bonds is 4. The number of hydrogen-bond acceptors (Lipinski definition) is 3. The first-order chi connectivity index (χ1) is 8.46. The van der Waals surface area contributed by atoms with Crippen molar-refractivity contribution in [1.29, 1.82) is 0 Å². The van der Waals surface area contributed by atoms with Crippen molar-refractivity contribution in [2.75, 3.05) is 13.1 Å². The largest absolute Gasteiger partial charge is 0.354 e. The second-order valence-electron chi connectivity index (χ2n) is 4.56. The van der Waals surface area contributed by atoms with Crippen LogP contribution < -0.4 is 10.6 Å². The number of nitrogens with one attached hydrogen (secondary N) is 2. The SMILES string of the molecule is Cn1cc(CCNC(=O)C2CC(F)(F)CN2)cn1. The van der Waals surface area contributed by atoms with E-state index >= 15 is 0 Å². The van der Waals surface area contributed by atoms with Crippen LogP contribution in [0, 0.1) is 0 Å². The number of amides is 1. The molecule has 1 aromatic rings. The van der Waals surface area contributed by atoms with Gasteiger partial charge in [0.05, 0.1) is 18.8 Å². The summed E-state index contributed by atoms with van der Waals surface area (Å²) in [5, 5.41) is 9.17. The van der Waals surface area contributed by atoms with Gasteiger partial charge in [0.2, 0.25) is 5.91 Å². The normalized spacial score (nSPS) is 22.1. The highest BCUT2D eigenvalue weighted by molar-refractivity contribution is 5.82. The first-order valence-electron chi connectivity index (χ1n) is 5.83. The van der Waals surface area contributed by atoms with Gasteiger partial charge in [-0.05, 0) is 12.0 Å². The van der Waals surface area contributed by atoms with Crippen LogP contribution in [0.15, 0.2) is 12.4 Å². The fourth-order valence-electron chi connectivity index (χ4n) is 1.96. The molecule has 2 rings (SSSR count). The fraction of sp³-hybridized carbons (Fsp3) is 0.636. The second-order valence-corrected chi connectivity index (χ2v) is 4.56. The van der Waals surface area contributed by atoms with Crippen LogP contribution in [-0.4, -0.2) is 40.7 Å². The van der Waals surface area contributed by atoms with Crippen LogP contribution in [0.1, 0.15) is 12.0 Å². The molecule has 1 saturated heterocycles. The Bertz CT molecular complexity index is 432. The molecule has 1 aliphatic heterocycles. The number of halogens is 2. The Morgan fingerprint density at radius 1 is 1.72 bits per heavy atom. The minimum atomic E-state index is -2.77. The van der Waals surface area contributed by atoms with Crippen LogP contribution in [0.5, 0.6) is 0 Å². The van der Waals surface area contributed by atoms with Gasteiger partial charge in [-0.15, -0.1) is 0 Å². The van der Waals surface area contributed by atoms with E-state index in [9.17, 15) is 13.6 Å². The average Bonchev–Trinajstić information content (AvgIpc) is 2.85. The minimum absolute atomic E-state index is 0.365. The average molecular weight is 258 g/mol. The van der Waals surface area contributed by atoms with E-state index in [4.69, 9.17) is 0 Å². The molecule has 5 nitrogen and oxygen atoms in total. The Morgan fingerprint density at radius 3 is 3.06 bits per heavy atom. The molecular formula is C11H16F2N4O. The third-order valence-electron chi connectivity index (χ3n) is 2.90. The van der Waals surface area contributed by atoms with Crippen molar-refractivity contribution >= 4 is 5.91 Å². The molecule has 0 bridgehead atoms. The van der Waals surface area contributed by atoms with E-state index in [2.05, 4.69) is 15.7 Å². The van der Waals surface area contributed by atoms with Gasteiger partial charge in [0.1, 0.15) is 0 Å². The quantitative estimate of drug-likeness (QED) is 0.804. The van der Waals surface area contributed by atoms with Crippen molar-refractivity contribution in [1.82, 2.24) is 20.4 Å². The minimum Gasteiger partial charge on any atom is -0.354 e. The van der Waals surface area contributed by atoms with E-state index in [1.807, 2.05) is 13.2 Å². The molecule has 0 aliphatic carbocycles. The molecule has 0 saturated carbocycles. The van der Waals surface area contributed by atoms with Gasteiger partial charge in [-0.2, -0.15) is 5.10 Å². The third-order valence-corrected chi connectivity index (χ3v) is 2.90. The van der Waals surface area contributed by atoms with Crippen molar-refractivity contribution in [2.24, 2.45) is 7.05 Å². The van der Waals surface area contributed by atoms with E-state index in [0.717, 1.165) is 5.56 Å². The van der Waals surface area contributed by atoms with Crippen molar-refractivity contribution in [3.05, 3.63) is 18.0 Å². The molecule has 1 atom stereocenters. The van der Waals surface area contributed by atoms with Crippen molar-refractivity contribution in [3.8, 4) is 0 Å². The summed E-state index contributed by atoms with van der Waals surface area (Å²) in [6.45, 7) is 0.00195. The van der Waals surface area contributed by atoms with E-state index in [-0.39, 0.29) is 5.91 Å². The number of nitrogens with zero attached hydrogens (tertiary/aromatic N) is 2. The molecule has 0 aromatic carbocycles. The molecule has 18 heavy (non-hydrogen) atoms. The van der Waals surface area contributed by atoms with Crippen LogP contribution in [0.4, 0.5) is 8.78 Å². The molecule has 2 N–H and O–H groups in total. The van der Waals surface area contributed by atoms with E-state index < -0.39 is 24.9 Å². The second kappa shape index (κ2) is 5.01. The zero-order valence-corrected chi connectivity index (χ0v) is 10.1. The lowest BCUT2D eigenvalue weighted by atomic mass is 10.2. The van der Waals surface area contributed by atoms with Crippen LogP contribution in [-0.2, 0) is 18.3 Å². The number of carbonyl (C=O) groups excluding carboxylic acids is 1. The summed E-state index contributed by atoms with van der Waals surface area (Å²) >= 11 is 0. The monoisotopic (exact) mass is 258 g/mol. The molecule has 1 fully saturated rings. The van der Waals surface area contributed by atoms with Gasteiger partial charge in [0.25, 0.3) is 5.92 Å². The van der Waals surface area contributed by atoms with Crippen LogP contribution in [0.3, 0.4) is 0 Å². The lowest BCUT2D eigenvalue weighted by molar-refractivity contribution is -0.123. The Kier molecular flexibility index (Phi) is 3.60. The maximum absolute atomic E-state index is 12.9. The highest BCUT2D eigenvalue weighted by atomic mass is 19.3. The third kappa shape index (κ3) is 3.25. The number of alkyl halides is 2. The predicted octanol–water partition coefficient (Wildman–Crippen LogP) is 0.0760. The molecule has 100 valence electrons. The van der Waals surface area contributed by atoms with Gasteiger partial charge in [-0.3, -0.25) is 14.8 Å². The Balaban J connectivity index is 1.72. The number of aromatic nitrogens is 2. The van der Waals surface area contributed by atoms with E-state index in [1.165, 1.54) is 0 Å². The zero-order valence-electron chi connectivity index (χ0n) is 10.1. The summed E-state index contributed by atoms with van der Waals surface area (Å²) in [7, 11) is 1.81. The Hall–Kier alpha value is -1.50. The highest BCUT2D eigenvalue weighted by Gasteiger charge is 2.42. The fourth-order valence-corrected chi connectivity index (χ4v) is 1.96. The summed E-state index contributed by atoms with van der Waals surface area (Å²) < 4.78 is 27.5. The molecule has 7 heteroatoms. The van der Waals surface area contributed by atoms with Gasteiger partial charge in [-0.1, -0.05) is 0 Å². The van der Waals surface area contributed by atoms with Gasteiger partial charge in [-0.25, -0.2) is 8.78 Å². The van der Waals surface area contributed by atoms with Crippen molar-refractivity contribution < 1.29 is 13.6 Å². The molecule has 1 unspecified atom stereocenters. The smallest absolute Gasteiger partial charge is 0.262 e. The van der Waals surface area contributed by atoms with Gasteiger partial charge in [0.15, 0.2) is 0 Å². The Morgan fingerprint density at radius 2 is 2.50 bits per heavy atom. The van der Waals surface area contributed by atoms with Crippen molar-refractivity contribution in [3.63, 3.8) is 0 Å². The van der Waals surface area contributed by atoms with Crippen molar-refractivity contribution in [2.45, 2.75) is 24.8 Å². The highest BCUT2D eigenvalue weighted by Crippen LogP contribution is 2.24. The molecule has 2 heterocycles. The molecule has 1 aliphatic rings. The number of hydrogen-bond donors (Lipinski definition) is 2. The summed E-state index contributed by atoms with van der Waals surface area (Å²) in [6.07, 6.45) is 3.79. The molecular weight excluding hydrogens is 242 g/mol. The van der Waals surface area contributed by atoms with Crippen LogP contribution in [0.2, 0.25) is 0 Å². The van der Waals surface area contributed by atoms with E-state index in [1.54, 1.807) is 10.9 Å². The van der Waals surface area contributed by atoms with E-state index in [0.29, 0.717) is 13.0 Å². The predicted molar refractivity (Wildman–Crippen MR) is 61.3 cm³/mol.